The summed E-state index contributed by atoms with van der Waals surface area (Å²) in [6, 6.07) is -4.44. The van der Waals surface area contributed by atoms with Gasteiger partial charge in [-0.05, 0) is 37.0 Å². The Kier molecular flexibility index (Phi) is 13.0. The lowest BCUT2D eigenvalue weighted by Gasteiger charge is -2.37. The first kappa shape index (κ1) is 37.5. The third-order valence-electron chi connectivity index (χ3n) is 8.57. The first-order chi connectivity index (χ1) is 22.1. The number of carbonyl (C=O) groups is 6. The summed E-state index contributed by atoms with van der Waals surface area (Å²) in [7, 11) is 0. The van der Waals surface area contributed by atoms with Crippen LogP contribution in [-0.4, -0.2) is 98.2 Å². The molecule has 14 heteroatoms. The molecule has 3 rings (SSSR count). The maximum atomic E-state index is 14.3. The molecule has 0 bridgehead atoms. The first-order valence-corrected chi connectivity index (χ1v) is 16.6. The molecule has 5 N–H and O–H groups in total. The second-order valence-corrected chi connectivity index (χ2v) is 14.0. The zero-order valence-electron chi connectivity index (χ0n) is 28.5. The third kappa shape index (κ3) is 9.78. The fourth-order valence-corrected chi connectivity index (χ4v) is 5.81. The summed E-state index contributed by atoms with van der Waals surface area (Å²) in [6.45, 7) is 12.4. The quantitative estimate of drug-likeness (QED) is 0.170. The number of carbonyl (C=O) groups excluding carboxylic acids is 6. The van der Waals surface area contributed by atoms with Crippen molar-refractivity contribution in [3.63, 3.8) is 0 Å². The van der Waals surface area contributed by atoms with Crippen molar-refractivity contribution in [3.8, 4) is 0 Å². The number of amides is 5. The van der Waals surface area contributed by atoms with Crippen LogP contribution in [0.5, 0.6) is 0 Å². The second kappa shape index (κ2) is 16.2. The minimum absolute atomic E-state index is 0.0288. The number of rotatable bonds is 15. The number of aromatic nitrogens is 2. The number of Topliss-reactive ketones (excluding diaryl/α,β-unsaturated/α-hetero) is 1. The van der Waals surface area contributed by atoms with Crippen LogP contribution in [0.1, 0.15) is 97.5 Å². The maximum Gasteiger partial charge on any atom is 0.289 e. The Hall–Kier alpha value is -3.94. The molecule has 1 saturated carbocycles. The minimum Gasteiger partial charge on any atom is -0.391 e. The first-order valence-electron chi connectivity index (χ1n) is 16.6. The van der Waals surface area contributed by atoms with E-state index in [1.54, 1.807) is 34.6 Å². The van der Waals surface area contributed by atoms with Gasteiger partial charge in [0.15, 0.2) is 0 Å². The predicted molar refractivity (Wildman–Crippen MR) is 172 cm³/mol. The fourth-order valence-electron chi connectivity index (χ4n) is 5.81. The molecule has 2 fully saturated rings. The highest BCUT2D eigenvalue weighted by atomic mass is 16.3. The van der Waals surface area contributed by atoms with Crippen LogP contribution in [0.4, 0.5) is 0 Å². The van der Waals surface area contributed by atoms with E-state index in [1.165, 1.54) is 23.5 Å². The van der Waals surface area contributed by atoms with E-state index in [0.29, 0.717) is 19.3 Å². The van der Waals surface area contributed by atoms with Gasteiger partial charge >= 0.3 is 0 Å². The van der Waals surface area contributed by atoms with Crippen LogP contribution >= 0.6 is 0 Å². The molecule has 1 aromatic rings. The molecular weight excluding hydrogens is 606 g/mol. The number of hydrogen-bond donors (Lipinski definition) is 5. The molecular formula is C33H51N7O7. The van der Waals surface area contributed by atoms with Gasteiger partial charge in [0.1, 0.15) is 23.8 Å². The molecule has 0 aromatic carbocycles. The van der Waals surface area contributed by atoms with E-state index in [2.05, 4.69) is 31.2 Å². The van der Waals surface area contributed by atoms with Gasteiger partial charge in [-0.3, -0.25) is 33.8 Å². The standard InChI is InChI=1S/C33H51N7O7/c1-8-10-20-23(41)17-40(25(20)30(45)37-21(11-9-2)26(42)31(46)36-19-12-13-19)32(47)27(33(5,6)7)39-29(44)24(18(3)4)38-28(43)22-16-34-14-15-35-22/h14-16,18-21,23-25,27,41H,8-13,17H2,1-7H3,(H,36,46)(H,37,45)(H,38,43)(H,39,44)/t20-,21?,23-,24+,25-,27+/m0/s1. The van der Waals surface area contributed by atoms with Gasteiger partial charge < -0.3 is 31.3 Å². The predicted octanol–water partition coefficient (Wildman–Crippen LogP) is 0.883. The zero-order chi connectivity index (χ0) is 35.1. The van der Waals surface area contributed by atoms with E-state index < -0.39 is 76.9 Å². The number of nitrogens with zero attached hydrogens (tertiary/aromatic N) is 3. The molecule has 6 atom stereocenters. The molecule has 2 aliphatic rings. The molecule has 5 amide bonds. The molecule has 0 spiro atoms. The summed E-state index contributed by atoms with van der Waals surface area (Å²) >= 11 is 0. The van der Waals surface area contributed by atoms with Gasteiger partial charge in [0, 0.05) is 30.9 Å². The van der Waals surface area contributed by atoms with Gasteiger partial charge in [-0.25, -0.2) is 4.98 Å². The van der Waals surface area contributed by atoms with Crippen molar-refractivity contribution in [1.29, 1.82) is 0 Å². The lowest BCUT2D eigenvalue weighted by molar-refractivity contribution is -0.146. The number of aliphatic hydroxyl groups excluding tert-OH is 1. The van der Waals surface area contributed by atoms with E-state index in [0.717, 1.165) is 12.8 Å². The molecule has 14 nitrogen and oxygen atoms in total. The van der Waals surface area contributed by atoms with Gasteiger partial charge in [-0.1, -0.05) is 61.3 Å². The van der Waals surface area contributed by atoms with Crippen molar-refractivity contribution in [2.75, 3.05) is 6.54 Å². The monoisotopic (exact) mass is 657 g/mol. The highest BCUT2D eigenvalue weighted by Gasteiger charge is 2.50. The van der Waals surface area contributed by atoms with Crippen molar-refractivity contribution in [3.05, 3.63) is 24.3 Å². The number of β-amino-alcohol motifs (C(OH)–C–C–N with tert-alkyl or cyclic N) is 1. The van der Waals surface area contributed by atoms with Crippen LogP contribution in [0.3, 0.4) is 0 Å². The molecule has 2 heterocycles. The van der Waals surface area contributed by atoms with Crippen LogP contribution in [0.15, 0.2) is 18.6 Å². The van der Waals surface area contributed by atoms with Crippen LogP contribution in [-0.2, 0) is 24.0 Å². The maximum absolute atomic E-state index is 14.3. The lowest BCUT2D eigenvalue weighted by Crippen LogP contribution is -2.62. The fraction of sp³-hybridized carbons (Fsp3) is 0.697. The summed E-state index contributed by atoms with van der Waals surface area (Å²) in [4.78, 5) is 89.5. The Labute approximate surface area is 276 Å². The molecule has 0 radical (unpaired) electrons. The van der Waals surface area contributed by atoms with Crippen molar-refractivity contribution in [2.24, 2.45) is 17.3 Å². The zero-order valence-corrected chi connectivity index (χ0v) is 28.5. The normalized spacial score (nSPS) is 21.4. The number of hydrogen-bond acceptors (Lipinski definition) is 9. The number of likely N-dealkylation sites (tertiary alicyclic amines) is 1. The van der Waals surface area contributed by atoms with E-state index in [-0.39, 0.29) is 30.6 Å². The summed E-state index contributed by atoms with van der Waals surface area (Å²) in [5, 5.41) is 22.0. The molecule has 1 aliphatic carbocycles. The smallest absolute Gasteiger partial charge is 0.289 e. The van der Waals surface area contributed by atoms with Crippen LogP contribution in [0.25, 0.3) is 0 Å². The number of nitrogens with one attached hydrogen (secondary N) is 4. The molecule has 1 unspecified atom stereocenters. The van der Waals surface area contributed by atoms with Crippen LogP contribution in [0, 0.1) is 17.3 Å². The number of ketones is 1. The van der Waals surface area contributed by atoms with Crippen LogP contribution in [0.2, 0.25) is 0 Å². The van der Waals surface area contributed by atoms with Crippen molar-refractivity contribution in [1.82, 2.24) is 36.1 Å². The van der Waals surface area contributed by atoms with Gasteiger partial charge in [-0.15, -0.1) is 0 Å². The van der Waals surface area contributed by atoms with E-state index >= 15 is 0 Å². The highest BCUT2D eigenvalue weighted by Crippen LogP contribution is 2.32. The van der Waals surface area contributed by atoms with Gasteiger partial charge in [-0.2, -0.15) is 0 Å². The second-order valence-electron chi connectivity index (χ2n) is 14.0. The average Bonchev–Trinajstić information content (AvgIpc) is 3.77. The summed E-state index contributed by atoms with van der Waals surface area (Å²) in [5.74, 6) is -4.94. The SMILES string of the molecule is CCCC(NC(=O)[C@@H]1[C@@H](CCC)[C@@H](O)CN1C(=O)[C@@H](NC(=O)[C@H](NC(=O)c1cnccn1)C(C)C)C(C)(C)C)C(=O)C(=O)NC1CC1. The molecule has 1 aliphatic heterocycles. The van der Waals surface area contributed by atoms with E-state index in [9.17, 15) is 33.9 Å². The van der Waals surface area contributed by atoms with Gasteiger partial charge in [0.2, 0.25) is 23.5 Å². The van der Waals surface area contributed by atoms with E-state index in [1.807, 2.05) is 13.8 Å². The molecule has 47 heavy (non-hydrogen) atoms. The van der Waals surface area contributed by atoms with E-state index in [4.69, 9.17) is 0 Å². The lowest BCUT2D eigenvalue weighted by atomic mass is 9.84. The Balaban J connectivity index is 1.86. The summed E-state index contributed by atoms with van der Waals surface area (Å²) in [5.41, 5.74) is -0.819. The van der Waals surface area contributed by atoms with Crippen molar-refractivity contribution in [2.45, 2.75) is 123 Å². The molecule has 1 aromatic heterocycles. The summed E-state index contributed by atoms with van der Waals surface area (Å²) in [6.07, 6.45) is 6.42. The van der Waals surface area contributed by atoms with Crippen molar-refractivity contribution < 1.29 is 33.9 Å². The average molecular weight is 658 g/mol. The molecule has 1 saturated heterocycles. The summed E-state index contributed by atoms with van der Waals surface area (Å²) < 4.78 is 0. The topological polar surface area (TPSA) is 200 Å². The van der Waals surface area contributed by atoms with Crippen molar-refractivity contribution >= 4 is 35.3 Å². The Morgan fingerprint density at radius 3 is 2.21 bits per heavy atom. The Morgan fingerprint density at radius 2 is 1.68 bits per heavy atom. The number of aliphatic hydroxyl groups is 1. The van der Waals surface area contributed by atoms with Crippen LogP contribution < -0.4 is 21.3 Å². The Bertz CT molecular complexity index is 1300. The largest absolute Gasteiger partial charge is 0.391 e. The van der Waals surface area contributed by atoms with Gasteiger partial charge in [0.25, 0.3) is 11.8 Å². The van der Waals surface area contributed by atoms with Gasteiger partial charge in [0.05, 0.1) is 18.3 Å². The Morgan fingerprint density at radius 1 is 1.00 bits per heavy atom. The molecule has 260 valence electrons. The minimum atomic E-state index is -1.15. The highest BCUT2D eigenvalue weighted by molar-refractivity contribution is 6.38. The third-order valence-corrected chi connectivity index (χ3v) is 8.57.